The third-order valence-electron chi connectivity index (χ3n) is 7.78. The fraction of sp³-hybridized carbons (Fsp3) is 0.571. The maximum atomic E-state index is 4.66. The highest BCUT2D eigenvalue weighted by Crippen LogP contribution is 2.28. The van der Waals surface area contributed by atoms with Crippen LogP contribution in [0, 0.1) is 0 Å². The summed E-state index contributed by atoms with van der Waals surface area (Å²) in [6, 6.07) is 11.3. The zero-order valence-electron chi connectivity index (χ0n) is 21.6. The van der Waals surface area contributed by atoms with Gasteiger partial charge in [-0.3, -0.25) is 9.80 Å². The summed E-state index contributed by atoms with van der Waals surface area (Å²) in [5, 5.41) is 13.0. The Morgan fingerprint density at radius 2 is 1.83 bits per heavy atom. The predicted octanol–water partition coefficient (Wildman–Crippen LogP) is 3.91. The fourth-order valence-electron chi connectivity index (χ4n) is 5.57. The van der Waals surface area contributed by atoms with Gasteiger partial charge in [0.1, 0.15) is 5.82 Å². The summed E-state index contributed by atoms with van der Waals surface area (Å²) in [5.41, 5.74) is 1.20. The molecule has 1 aliphatic carbocycles. The molecule has 5 rings (SSSR count). The van der Waals surface area contributed by atoms with E-state index < -0.39 is 0 Å². The average Bonchev–Trinajstić information content (AvgIpc) is 3.50. The molecule has 1 saturated carbocycles. The predicted molar refractivity (Wildman–Crippen MR) is 144 cm³/mol. The highest BCUT2D eigenvalue weighted by atomic mass is 15.5. The van der Waals surface area contributed by atoms with E-state index in [1.807, 2.05) is 23.9 Å². The number of aromatic nitrogens is 4. The van der Waals surface area contributed by atoms with E-state index in [-0.39, 0.29) is 6.04 Å². The van der Waals surface area contributed by atoms with Crippen molar-refractivity contribution in [2.45, 2.75) is 64.1 Å². The number of benzene rings is 1. The Bertz CT molecular complexity index is 1030. The number of aliphatic imine (C=N–C) groups is 1. The number of tetrazole rings is 1. The normalized spacial score (nSPS) is 21.9. The smallest absolute Gasteiger partial charge is 0.172 e. The standard InChI is InChI=1S/C28H40N8/c1-2-29-27(35-17-6-7-18-35)16-9-15-26(34-20-10-19-33(21-22-34)25-13-8-14-25)28-30-31-32-36(28)23-24-11-4-3-5-12-24/h2-5,9,11-12,15-16,25-26H,6-8,10,13-14,17-23H2,1H3/b15-9?,27-16+,29-2?. The zero-order valence-corrected chi connectivity index (χ0v) is 21.6. The van der Waals surface area contributed by atoms with Gasteiger partial charge in [-0.15, -0.1) is 5.10 Å². The molecule has 1 atom stereocenters. The number of allylic oxidation sites excluding steroid dienone is 2. The van der Waals surface area contributed by atoms with Gasteiger partial charge in [0.15, 0.2) is 5.82 Å². The molecule has 0 amide bonds. The van der Waals surface area contributed by atoms with E-state index >= 15 is 0 Å². The third kappa shape index (κ3) is 6.10. The van der Waals surface area contributed by atoms with Crippen LogP contribution in [0.4, 0.5) is 0 Å². The van der Waals surface area contributed by atoms with Crippen molar-refractivity contribution in [1.29, 1.82) is 0 Å². The summed E-state index contributed by atoms with van der Waals surface area (Å²) >= 11 is 0. The molecule has 3 fully saturated rings. The van der Waals surface area contributed by atoms with Crippen LogP contribution in [-0.4, -0.2) is 86.4 Å². The topological polar surface area (TPSA) is 65.7 Å². The lowest BCUT2D eigenvalue weighted by Crippen LogP contribution is -2.42. The number of hydrogen-bond acceptors (Lipinski definition) is 7. The van der Waals surface area contributed by atoms with E-state index in [0.717, 1.165) is 50.4 Å². The van der Waals surface area contributed by atoms with Crippen molar-refractivity contribution in [3.8, 4) is 0 Å². The first-order valence-electron chi connectivity index (χ1n) is 13.7. The van der Waals surface area contributed by atoms with Gasteiger partial charge in [0.2, 0.25) is 0 Å². The van der Waals surface area contributed by atoms with Crippen molar-refractivity contribution in [3.63, 3.8) is 0 Å². The fourth-order valence-corrected chi connectivity index (χ4v) is 5.57. The van der Waals surface area contributed by atoms with Crippen LogP contribution in [0.5, 0.6) is 0 Å². The molecule has 0 radical (unpaired) electrons. The molecular formula is C28H40N8. The molecule has 8 nitrogen and oxygen atoms in total. The summed E-state index contributed by atoms with van der Waals surface area (Å²) < 4.78 is 1.97. The lowest BCUT2D eigenvalue weighted by atomic mass is 9.91. The van der Waals surface area contributed by atoms with Crippen molar-refractivity contribution >= 4 is 6.21 Å². The number of rotatable bonds is 9. The van der Waals surface area contributed by atoms with E-state index in [1.165, 1.54) is 50.6 Å². The maximum Gasteiger partial charge on any atom is 0.172 e. The van der Waals surface area contributed by atoms with Gasteiger partial charge in [-0.1, -0.05) is 48.9 Å². The second-order valence-corrected chi connectivity index (χ2v) is 10.1. The molecule has 8 heteroatoms. The van der Waals surface area contributed by atoms with Gasteiger partial charge < -0.3 is 4.90 Å². The minimum absolute atomic E-state index is 0.0201. The first-order valence-corrected chi connectivity index (χ1v) is 13.7. The van der Waals surface area contributed by atoms with Crippen LogP contribution in [0.25, 0.3) is 0 Å². The molecule has 1 unspecified atom stereocenters. The Labute approximate surface area is 215 Å². The van der Waals surface area contributed by atoms with Gasteiger partial charge in [-0.2, -0.15) is 0 Å². The molecule has 2 aliphatic heterocycles. The molecule has 1 aromatic carbocycles. The zero-order chi connectivity index (χ0) is 24.6. The van der Waals surface area contributed by atoms with E-state index in [9.17, 15) is 0 Å². The molecule has 2 saturated heterocycles. The van der Waals surface area contributed by atoms with E-state index in [1.54, 1.807) is 0 Å². The monoisotopic (exact) mass is 488 g/mol. The van der Waals surface area contributed by atoms with Crippen LogP contribution >= 0.6 is 0 Å². The summed E-state index contributed by atoms with van der Waals surface area (Å²) in [7, 11) is 0. The van der Waals surface area contributed by atoms with Gasteiger partial charge >= 0.3 is 0 Å². The highest BCUT2D eigenvalue weighted by Gasteiger charge is 2.30. The average molecular weight is 489 g/mol. The second kappa shape index (κ2) is 12.4. The highest BCUT2D eigenvalue weighted by molar-refractivity contribution is 5.55. The van der Waals surface area contributed by atoms with Gasteiger partial charge in [0, 0.05) is 45.0 Å². The molecule has 0 N–H and O–H groups in total. The van der Waals surface area contributed by atoms with Gasteiger partial charge in [-0.05, 0) is 67.6 Å². The molecule has 2 aromatic rings. The van der Waals surface area contributed by atoms with Crippen LogP contribution in [0.3, 0.4) is 0 Å². The molecular weight excluding hydrogens is 448 g/mol. The second-order valence-electron chi connectivity index (χ2n) is 10.1. The number of nitrogens with zero attached hydrogens (tertiary/aromatic N) is 8. The lowest BCUT2D eigenvalue weighted by Gasteiger charge is -2.37. The minimum atomic E-state index is 0.0201. The summed E-state index contributed by atoms with van der Waals surface area (Å²) in [6.45, 7) is 9.20. The van der Waals surface area contributed by atoms with Crippen molar-refractivity contribution in [3.05, 3.63) is 65.8 Å². The van der Waals surface area contributed by atoms with Crippen LogP contribution in [-0.2, 0) is 6.54 Å². The van der Waals surface area contributed by atoms with Crippen LogP contribution < -0.4 is 0 Å². The lowest BCUT2D eigenvalue weighted by molar-refractivity contribution is 0.128. The van der Waals surface area contributed by atoms with Crippen LogP contribution in [0.1, 0.15) is 62.9 Å². The largest absolute Gasteiger partial charge is 0.357 e. The maximum absolute atomic E-state index is 4.66. The van der Waals surface area contributed by atoms with Crippen molar-refractivity contribution in [2.75, 3.05) is 39.3 Å². The molecule has 1 aromatic heterocycles. The molecule has 3 heterocycles. The molecule has 36 heavy (non-hydrogen) atoms. The Morgan fingerprint density at radius 3 is 2.58 bits per heavy atom. The van der Waals surface area contributed by atoms with E-state index in [0.29, 0.717) is 6.54 Å². The molecule has 0 bridgehead atoms. The Hall–Kier alpha value is -2.84. The third-order valence-corrected chi connectivity index (χ3v) is 7.78. The molecule has 3 aliphatic rings. The summed E-state index contributed by atoms with van der Waals surface area (Å²) in [6.07, 6.45) is 16.2. The first kappa shape index (κ1) is 24.8. The number of hydrogen-bond donors (Lipinski definition) is 0. The van der Waals surface area contributed by atoms with Crippen molar-refractivity contribution in [2.24, 2.45) is 4.99 Å². The van der Waals surface area contributed by atoms with Crippen LogP contribution in [0.2, 0.25) is 0 Å². The minimum Gasteiger partial charge on any atom is -0.357 e. The van der Waals surface area contributed by atoms with Crippen molar-refractivity contribution < 1.29 is 0 Å². The SMILES string of the molecule is CC=N/C(=C\C=CC(c1nnnn1Cc1ccccc1)N1CCCN(C2CCC2)CC1)N1CCCC1. The first-order chi connectivity index (χ1) is 17.8. The Morgan fingerprint density at radius 1 is 1.00 bits per heavy atom. The van der Waals surface area contributed by atoms with Gasteiger partial charge in [0.05, 0.1) is 12.6 Å². The van der Waals surface area contributed by atoms with E-state index in [4.69, 9.17) is 0 Å². The van der Waals surface area contributed by atoms with E-state index in [2.05, 4.69) is 77.7 Å². The Kier molecular flexibility index (Phi) is 8.56. The molecule has 0 spiro atoms. The summed E-state index contributed by atoms with van der Waals surface area (Å²) in [4.78, 5) is 12.3. The molecule has 192 valence electrons. The number of likely N-dealkylation sites (tertiary alicyclic amines) is 1. The quantitative estimate of drug-likeness (QED) is 0.394. The summed E-state index contributed by atoms with van der Waals surface area (Å²) in [5.74, 6) is 1.95. The van der Waals surface area contributed by atoms with Crippen molar-refractivity contribution in [1.82, 2.24) is 34.9 Å². The van der Waals surface area contributed by atoms with Gasteiger partial charge in [0.25, 0.3) is 0 Å². The Balaban J connectivity index is 1.39. The van der Waals surface area contributed by atoms with Gasteiger partial charge in [-0.25, -0.2) is 9.67 Å². The van der Waals surface area contributed by atoms with Crippen LogP contribution in [0.15, 0.2) is 59.4 Å².